The monoisotopic (exact) mass is 361 g/mol. The van der Waals surface area contributed by atoms with Crippen molar-refractivity contribution in [3.05, 3.63) is 29.8 Å². The van der Waals surface area contributed by atoms with Crippen LogP contribution < -0.4 is 11.1 Å². The molecule has 7 nitrogen and oxygen atoms in total. The maximum Gasteiger partial charge on any atom is 0.221 e. The molecule has 2 heterocycles. The fourth-order valence-electron chi connectivity index (χ4n) is 3.32. The Morgan fingerprint density at radius 2 is 2.27 bits per heavy atom. The molecule has 1 fully saturated rings. The van der Waals surface area contributed by atoms with Gasteiger partial charge in [0.2, 0.25) is 11.8 Å². The van der Waals surface area contributed by atoms with E-state index in [4.69, 9.17) is 5.73 Å². The van der Waals surface area contributed by atoms with Crippen LogP contribution in [0, 0.1) is 11.7 Å². The number of hydrogen-bond acceptors (Lipinski definition) is 4. The zero-order chi connectivity index (χ0) is 18.5. The number of halogens is 1. The molecular weight excluding hydrogens is 337 g/mol. The number of aryl methyl sites for hydroxylation is 1. The third-order valence-electron chi connectivity index (χ3n) is 4.74. The number of aromatic amines is 1. The average Bonchev–Trinajstić information content (AvgIpc) is 3.02. The maximum absolute atomic E-state index is 13.2. The molecule has 2 aromatic rings. The van der Waals surface area contributed by atoms with Gasteiger partial charge in [-0.05, 0) is 37.6 Å². The van der Waals surface area contributed by atoms with E-state index in [-0.39, 0.29) is 23.5 Å². The van der Waals surface area contributed by atoms with Crippen molar-refractivity contribution in [1.29, 1.82) is 0 Å². The van der Waals surface area contributed by atoms with Crippen LogP contribution in [0.5, 0.6) is 0 Å². The van der Waals surface area contributed by atoms with Crippen molar-refractivity contribution in [1.82, 2.24) is 20.2 Å². The molecule has 26 heavy (non-hydrogen) atoms. The van der Waals surface area contributed by atoms with Gasteiger partial charge in [-0.15, -0.1) is 0 Å². The van der Waals surface area contributed by atoms with Gasteiger partial charge in [0.1, 0.15) is 11.6 Å². The minimum atomic E-state index is -0.318. The van der Waals surface area contributed by atoms with Crippen LogP contribution in [0.1, 0.15) is 25.1 Å². The van der Waals surface area contributed by atoms with Gasteiger partial charge in [0.15, 0.2) is 0 Å². The number of imidazole rings is 1. The molecule has 0 bridgehead atoms. The SMILES string of the molecule is NC(=O)[C@@H]1CCCN(CCNC(=O)CCc2nc3ccc(F)cc3[nH]2)C1. The van der Waals surface area contributed by atoms with Crippen LogP contribution in [0.2, 0.25) is 0 Å². The van der Waals surface area contributed by atoms with Gasteiger partial charge in [0.05, 0.1) is 17.0 Å². The molecule has 0 unspecified atom stereocenters. The molecule has 0 spiro atoms. The van der Waals surface area contributed by atoms with Crippen LogP contribution in [0.4, 0.5) is 4.39 Å². The van der Waals surface area contributed by atoms with Crippen LogP contribution in [-0.2, 0) is 16.0 Å². The molecule has 4 N–H and O–H groups in total. The maximum atomic E-state index is 13.2. The Morgan fingerprint density at radius 3 is 3.08 bits per heavy atom. The summed E-state index contributed by atoms with van der Waals surface area (Å²) in [6.07, 6.45) is 2.58. The van der Waals surface area contributed by atoms with E-state index in [1.165, 1.54) is 12.1 Å². The highest BCUT2D eigenvalue weighted by atomic mass is 19.1. The fourth-order valence-corrected chi connectivity index (χ4v) is 3.32. The Balaban J connectivity index is 1.39. The Morgan fingerprint density at radius 1 is 1.42 bits per heavy atom. The number of likely N-dealkylation sites (tertiary alicyclic amines) is 1. The summed E-state index contributed by atoms with van der Waals surface area (Å²) in [6, 6.07) is 4.37. The molecular formula is C18H24FN5O2. The molecule has 3 rings (SSSR count). The Bertz CT molecular complexity index is 791. The summed E-state index contributed by atoms with van der Waals surface area (Å²) in [5, 5.41) is 2.89. The van der Waals surface area contributed by atoms with Crippen molar-refractivity contribution in [2.24, 2.45) is 11.7 Å². The van der Waals surface area contributed by atoms with Gasteiger partial charge in [0.25, 0.3) is 0 Å². The number of fused-ring (bicyclic) bond motifs is 1. The number of amides is 2. The molecule has 1 saturated heterocycles. The molecule has 2 amide bonds. The summed E-state index contributed by atoms with van der Waals surface area (Å²) in [5.74, 6) is -0.0373. The van der Waals surface area contributed by atoms with Gasteiger partial charge < -0.3 is 20.9 Å². The summed E-state index contributed by atoms with van der Waals surface area (Å²) in [6.45, 7) is 2.84. The van der Waals surface area contributed by atoms with E-state index < -0.39 is 0 Å². The van der Waals surface area contributed by atoms with Gasteiger partial charge >= 0.3 is 0 Å². The van der Waals surface area contributed by atoms with Crippen molar-refractivity contribution in [2.45, 2.75) is 25.7 Å². The second-order valence-corrected chi connectivity index (χ2v) is 6.74. The van der Waals surface area contributed by atoms with Gasteiger partial charge in [-0.25, -0.2) is 9.37 Å². The number of nitrogens with two attached hydrogens (primary N) is 1. The van der Waals surface area contributed by atoms with Crippen molar-refractivity contribution in [2.75, 3.05) is 26.2 Å². The van der Waals surface area contributed by atoms with Crippen LogP contribution in [0.3, 0.4) is 0 Å². The molecule has 0 aliphatic carbocycles. The van der Waals surface area contributed by atoms with E-state index in [1.807, 2.05) is 0 Å². The van der Waals surface area contributed by atoms with Crippen LogP contribution in [0.15, 0.2) is 18.2 Å². The number of nitrogens with zero attached hydrogens (tertiary/aromatic N) is 2. The van der Waals surface area contributed by atoms with Crippen LogP contribution in [0.25, 0.3) is 11.0 Å². The third-order valence-corrected chi connectivity index (χ3v) is 4.74. The number of primary amides is 1. The largest absolute Gasteiger partial charge is 0.369 e. The minimum absolute atomic E-state index is 0.0555. The number of carbonyl (C=O) groups is 2. The first kappa shape index (κ1) is 18.3. The second-order valence-electron chi connectivity index (χ2n) is 6.74. The molecule has 0 radical (unpaired) electrons. The molecule has 1 aliphatic heterocycles. The molecule has 0 saturated carbocycles. The lowest BCUT2D eigenvalue weighted by atomic mass is 9.97. The van der Waals surface area contributed by atoms with Crippen molar-refractivity contribution >= 4 is 22.8 Å². The van der Waals surface area contributed by atoms with Crippen LogP contribution in [-0.4, -0.2) is 52.9 Å². The first-order chi connectivity index (χ1) is 12.5. The van der Waals surface area contributed by atoms with E-state index in [9.17, 15) is 14.0 Å². The molecule has 1 aromatic carbocycles. The summed E-state index contributed by atoms with van der Waals surface area (Å²) in [5.41, 5.74) is 6.70. The van der Waals surface area contributed by atoms with Crippen molar-refractivity contribution in [3.8, 4) is 0 Å². The zero-order valence-electron chi connectivity index (χ0n) is 14.6. The topological polar surface area (TPSA) is 104 Å². The number of nitrogens with one attached hydrogen (secondary N) is 2. The highest BCUT2D eigenvalue weighted by Gasteiger charge is 2.23. The van der Waals surface area contributed by atoms with Crippen LogP contribution >= 0.6 is 0 Å². The normalized spacial score (nSPS) is 18.1. The van der Waals surface area contributed by atoms with Gasteiger partial charge in [0, 0.05) is 32.5 Å². The van der Waals surface area contributed by atoms with Crippen molar-refractivity contribution < 1.29 is 14.0 Å². The quantitative estimate of drug-likeness (QED) is 0.683. The number of H-pyrrole nitrogens is 1. The summed E-state index contributed by atoms with van der Waals surface area (Å²) < 4.78 is 13.2. The standard InChI is InChI=1S/C18H24FN5O2/c19-13-3-4-14-15(10-13)23-16(22-14)5-6-17(25)21-7-9-24-8-1-2-12(11-24)18(20)26/h3-4,10,12H,1-2,5-9,11H2,(H2,20,26)(H,21,25)(H,22,23)/t12-/m1/s1. The van der Waals surface area contributed by atoms with Crippen molar-refractivity contribution in [3.63, 3.8) is 0 Å². The lowest BCUT2D eigenvalue weighted by Gasteiger charge is -2.31. The molecule has 1 atom stereocenters. The Hall–Kier alpha value is -2.48. The molecule has 8 heteroatoms. The van der Waals surface area contributed by atoms with Gasteiger partial charge in [-0.2, -0.15) is 0 Å². The number of hydrogen-bond donors (Lipinski definition) is 3. The van der Waals surface area contributed by atoms with E-state index in [0.29, 0.717) is 49.3 Å². The Kier molecular flexibility index (Phi) is 5.82. The number of piperidine rings is 1. The summed E-state index contributed by atoms with van der Waals surface area (Å²) >= 11 is 0. The number of benzene rings is 1. The van der Waals surface area contributed by atoms with E-state index >= 15 is 0 Å². The third kappa shape index (κ3) is 4.78. The lowest BCUT2D eigenvalue weighted by molar-refractivity contribution is -0.124. The number of aromatic nitrogens is 2. The predicted octanol–water partition coefficient (Wildman–Crippen LogP) is 0.948. The molecule has 140 valence electrons. The van der Waals surface area contributed by atoms with Gasteiger partial charge in [-0.3, -0.25) is 9.59 Å². The minimum Gasteiger partial charge on any atom is -0.369 e. The highest BCUT2D eigenvalue weighted by Crippen LogP contribution is 2.15. The summed E-state index contributed by atoms with van der Waals surface area (Å²) in [7, 11) is 0. The van der Waals surface area contributed by atoms with E-state index in [1.54, 1.807) is 6.07 Å². The van der Waals surface area contributed by atoms with Gasteiger partial charge in [-0.1, -0.05) is 0 Å². The molecule has 1 aliphatic rings. The average molecular weight is 361 g/mol. The highest BCUT2D eigenvalue weighted by molar-refractivity contribution is 5.77. The Labute approximate surface area is 151 Å². The van der Waals surface area contributed by atoms with E-state index in [2.05, 4.69) is 20.2 Å². The summed E-state index contributed by atoms with van der Waals surface area (Å²) in [4.78, 5) is 32.8. The fraction of sp³-hybridized carbons (Fsp3) is 0.500. The lowest BCUT2D eigenvalue weighted by Crippen LogP contribution is -2.44. The first-order valence-corrected chi connectivity index (χ1v) is 8.94. The second kappa shape index (κ2) is 8.27. The number of carbonyl (C=O) groups excluding carboxylic acids is 2. The number of rotatable bonds is 7. The first-order valence-electron chi connectivity index (χ1n) is 8.94. The molecule has 1 aromatic heterocycles. The zero-order valence-corrected chi connectivity index (χ0v) is 14.6. The predicted molar refractivity (Wildman–Crippen MR) is 95.7 cm³/mol. The smallest absolute Gasteiger partial charge is 0.221 e. The van der Waals surface area contributed by atoms with E-state index in [0.717, 1.165) is 19.4 Å².